The van der Waals surface area contributed by atoms with Gasteiger partial charge in [-0.1, -0.05) is 17.7 Å². The standard InChI is InChI=1S/C19H19ClFNO3/c1-22(12-16-17(20)5-4-6-18(16)21)19(23)8-7-13-9-14(24-2)11-15(10-13)25-3/h4-11H,12H2,1-3H3/b8-7+. The number of hydrogen-bond donors (Lipinski definition) is 0. The second-order valence-electron chi connectivity index (χ2n) is 5.37. The summed E-state index contributed by atoms with van der Waals surface area (Å²) < 4.78 is 24.2. The summed E-state index contributed by atoms with van der Waals surface area (Å²) in [6.45, 7) is 0.0795. The molecule has 0 aromatic heterocycles. The smallest absolute Gasteiger partial charge is 0.246 e. The van der Waals surface area contributed by atoms with Crippen molar-refractivity contribution in [3.8, 4) is 11.5 Å². The van der Waals surface area contributed by atoms with Crippen LogP contribution >= 0.6 is 11.6 Å². The first-order valence-corrected chi connectivity index (χ1v) is 7.91. The van der Waals surface area contributed by atoms with Gasteiger partial charge >= 0.3 is 0 Å². The van der Waals surface area contributed by atoms with Crippen LogP contribution in [-0.4, -0.2) is 32.1 Å². The zero-order valence-corrected chi connectivity index (χ0v) is 15.0. The molecule has 0 saturated carbocycles. The van der Waals surface area contributed by atoms with Crippen LogP contribution in [-0.2, 0) is 11.3 Å². The molecule has 0 aliphatic rings. The van der Waals surface area contributed by atoms with Crippen molar-refractivity contribution in [3.05, 3.63) is 64.4 Å². The molecule has 6 heteroatoms. The molecule has 2 rings (SSSR count). The van der Waals surface area contributed by atoms with Gasteiger partial charge in [0.2, 0.25) is 5.91 Å². The second-order valence-corrected chi connectivity index (χ2v) is 5.78. The summed E-state index contributed by atoms with van der Waals surface area (Å²) in [5.41, 5.74) is 1.04. The number of likely N-dealkylation sites (N-methyl/N-ethyl adjacent to an activating group) is 1. The molecule has 25 heavy (non-hydrogen) atoms. The van der Waals surface area contributed by atoms with Crippen LogP contribution in [0.2, 0.25) is 5.02 Å². The molecule has 0 atom stereocenters. The van der Waals surface area contributed by atoms with Crippen molar-refractivity contribution in [1.82, 2.24) is 4.90 Å². The predicted molar refractivity (Wildman–Crippen MR) is 96.5 cm³/mol. The van der Waals surface area contributed by atoms with Gasteiger partial charge in [0.1, 0.15) is 17.3 Å². The minimum atomic E-state index is -0.436. The minimum Gasteiger partial charge on any atom is -0.497 e. The number of hydrogen-bond acceptors (Lipinski definition) is 3. The van der Waals surface area contributed by atoms with Crippen LogP contribution in [0.15, 0.2) is 42.5 Å². The average Bonchev–Trinajstić information content (AvgIpc) is 2.62. The number of carbonyl (C=O) groups is 1. The molecule has 2 aromatic carbocycles. The quantitative estimate of drug-likeness (QED) is 0.723. The van der Waals surface area contributed by atoms with Gasteiger partial charge in [-0.05, 0) is 35.9 Å². The lowest BCUT2D eigenvalue weighted by atomic mass is 10.1. The molecule has 0 saturated heterocycles. The van der Waals surface area contributed by atoms with Crippen molar-refractivity contribution < 1.29 is 18.7 Å². The Balaban J connectivity index is 2.12. The van der Waals surface area contributed by atoms with Crippen LogP contribution in [0.25, 0.3) is 6.08 Å². The summed E-state index contributed by atoms with van der Waals surface area (Å²) in [6.07, 6.45) is 3.05. The summed E-state index contributed by atoms with van der Waals surface area (Å²) in [5, 5.41) is 0.293. The predicted octanol–water partition coefficient (Wildman–Crippen LogP) is 4.17. The summed E-state index contributed by atoms with van der Waals surface area (Å²) in [4.78, 5) is 13.7. The Labute approximate surface area is 151 Å². The first-order valence-electron chi connectivity index (χ1n) is 7.53. The van der Waals surface area contributed by atoms with Gasteiger partial charge in [0.25, 0.3) is 0 Å². The Morgan fingerprint density at radius 3 is 2.40 bits per heavy atom. The topological polar surface area (TPSA) is 38.8 Å². The highest BCUT2D eigenvalue weighted by Gasteiger charge is 2.12. The Morgan fingerprint density at radius 2 is 1.84 bits per heavy atom. The molecule has 2 aromatic rings. The lowest BCUT2D eigenvalue weighted by molar-refractivity contribution is -0.125. The van der Waals surface area contributed by atoms with Gasteiger partial charge in [0.15, 0.2) is 0 Å². The van der Waals surface area contributed by atoms with E-state index < -0.39 is 5.82 Å². The molecule has 0 N–H and O–H groups in total. The third kappa shape index (κ3) is 4.97. The van der Waals surface area contributed by atoms with Crippen LogP contribution in [0.5, 0.6) is 11.5 Å². The van der Waals surface area contributed by atoms with E-state index in [1.54, 1.807) is 51.6 Å². The van der Waals surface area contributed by atoms with Gasteiger partial charge in [-0.3, -0.25) is 4.79 Å². The molecule has 132 valence electrons. The third-order valence-corrected chi connectivity index (χ3v) is 3.98. The number of amides is 1. The van der Waals surface area contributed by atoms with E-state index >= 15 is 0 Å². The molecular formula is C19H19ClFNO3. The van der Waals surface area contributed by atoms with Crippen LogP contribution in [0, 0.1) is 5.82 Å². The summed E-state index contributed by atoms with van der Waals surface area (Å²) in [5.74, 6) is 0.533. The molecule has 0 heterocycles. The fourth-order valence-corrected chi connectivity index (χ4v) is 2.44. The second kappa shape index (κ2) is 8.53. The minimum absolute atomic E-state index is 0.0795. The average molecular weight is 364 g/mol. The molecular weight excluding hydrogens is 345 g/mol. The molecule has 0 fully saturated rings. The highest BCUT2D eigenvalue weighted by atomic mass is 35.5. The van der Waals surface area contributed by atoms with Gasteiger partial charge in [-0.25, -0.2) is 4.39 Å². The molecule has 0 unspecified atom stereocenters. The molecule has 0 aliphatic carbocycles. The fourth-order valence-electron chi connectivity index (χ4n) is 2.22. The number of rotatable bonds is 6. The van der Waals surface area contributed by atoms with Gasteiger partial charge in [0, 0.05) is 36.3 Å². The maximum absolute atomic E-state index is 13.8. The Kier molecular flexibility index (Phi) is 6.42. The van der Waals surface area contributed by atoms with Gasteiger partial charge in [-0.2, -0.15) is 0 Å². The normalized spacial score (nSPS) is 10.8. The molecule has 4 nitrogen and oxygen atoms in total. The van der Waals surface area contributed by atoms with E-state index in [1.807, 2.05) is 0 Å². The maximum Gasteiger partial charge on any atom is 0.246 e. The lowest BCUT2D eigenvalue weighted by Crippen LogP contribution is -2.24. The summed E-state index contributed by atoms with van der Waals surface area (Å²) >= 11 is 5.99. The van der Waals surface area contributed by atoms with Gasteiger partial charge in [0.05, 0.1) is 14.2 Å². The van der Waals surface area contributed by atoms with Gasteiger partial charge < -0.3 is 14.4 Å². The largest absolute Gasteiger partial charge is 0.497 e. The number of ether oxygens (including phenoxy) is 2. The number of halogens is 2. The Bertz CT molecular complexity index is 750. The molecule has 0 aliphatic heterocycles. The van der Waals surface area contributed by atoms with E-state index in [4.69, 9.17) is 21.1 Å². The highest BCUT2D eigenvalue weighted by molar-refractivity contribution is 6.31. The third-order valence-electron chi connectivity index (χ3n) is 3.63. The van der Waals surface area contributed by atoms with E-state index in [9.17, 15) is 9.18 Å². The summed E-state index contributed by atoms with van der Waals surface area (Å²) in [7, 11) is 4.69. The van der Waals surface area contributed by atoms with Crippen molar-refractivity contribution in [2.75, 3.05) is 21.3 Å². The van der Waals surface area contributed by atoms with Crippen molar-refractivity contribution in [3.63, 3.8) is 0 Å². The first kappa shape index (κ1) is 18.8. The van der Waals surface area contributed by atoms with Gasteiger partial charge in [-0.15, -0.1) is 0 Å². The molecule has 0 spiro atoms. The Hall–Kier alpha value is -2.53. The van der Waals surface area contributed by atoms with E-state index in [2.05, 4.69) is 0 Å². The fraction of sp³-hybridized carbons (Fsp3) is 0.211. The van der Waals surface area contributed by atoms with Crippen molar-refractivity contribution in [2.45, 2.75) is 6.54 Å². The number of benzene rings is 2. The van der Waals surface area contributed by atoms with Crippen LogP contribution in [0.3, 0.4) is 0 Å². The molecule has 0 radical (unpaired) electrons. The van der Waals surface area contributed by atoms with Crippen molar-refractivity contribution in [2.24, 2.45) is 0 Å². The van der Waals surface area contributed by atoms with Crippen LogP contribution in [0.1, 0.15) is 11.1 Å². The van der Waals surface area contributed by atoms with E-state index in [-0.39, 0.29) is 18.0 Å². The maximum atomic E-state index is 13.8. The monoisotopic (exact) mass is 363 g/mol. The van der Waals surface area contributed by atoms with E-state index in [0.717, 1.165) is 5.56 Å². The van der Waals surface area contributed by atoms with Crippen LogP contribution in [0.4, 0.5) is 4.39 Å². The summed E-state index contributed by atoms with van der Waals surface area (Å²) in [6, 6.07) is 9.74. The van der Waals surface area contributed by atoms with E-state index in [0.29, 0.717) is 16.5 Å². The SMILES string of the molecule is COc1cc(/C=C/C(=O)N(C)Cc2c(F)cccc2Cl)cc(OC)c1. The molecule has 1 amide bonds. The Morgan fingerprint density at radius 1 is 1.20 bits per heavy atom. The van der Waals surface area contributed by atoms with E-state index in [1.165, 1.54) is 23.1 Å². The number of nitrogens with zero attached hydrogens (tertiary/aromatic N) is 1. The van der Waals surface area contributed by atoms with Crippen molar-refractivity contribution in [1.29, 1.82) is 0 Å². The lowest BCUT2D eigenvalue weighted by Gasteiger charge is -2.16. The number of methoxy groups -OCH3 is 2. The van der Waals surface area contributed by atoms with Crippen molar-refractivity contribution >= 4 is 23.6 Å². The molecule has 0 bridgehead atoms. The highest BCUT2D eigenvalue weighted by Crippen LogP contribution is 2.23. The zero-order chi connectivity index (χ0) is 18.4. The van der Waals surface area contributed by atoms with Crippen LogP contribution < -0.4 is 9.47 Å². The zero-order valence-electron chi connectivity index (χ0n) is 14.3. The number of carbonyl (C=O) groups excluding carboxylic acids is 1. The first-order chi connectivity index (χ1) is 11.9.